The van der Waals surface area contributed by atoms with Gasteiger partial charge in [0.25, 0.3) is 0 Å². The molecule has 3 aromatic rings. The van der Waals surface area contributed by atoms with Crippen molar-refractivity contribution >= 4 is 17.3 Å². The van der Waals surface area contributed by atoms with E-state index in [1.54, 1.807) is 0 Å². The molecule has 4 nitrogen and oxygen atoms in total. The third kappa shape index (κ3) is 4.28. The summed E-state index contributed by atoms with van der Waals surface area (Å²) in [5.41, 5.74) is 7.03. The Bertz CT molecular complexity index is 1030. The number of nitrogens with one attached hydrogen (secondary N) is 1. The van der Waals surface area contributed by atoms with Gasteiger partial charge in [0, 0.05) is 17.7 Å². The van der Waals surface area contributed by atoms with E-state index >= 15 is 0 Å². The maximum atomic E-state index is 12.3. The van der Waals surface area contributed by atoms with Gasteiger partial charge in [-0.3, -0.25) is 9.79 Å². The zero-order chi connectivity index (χ0) is 20.1. The highest BCUT2D eigenvalue weighted by Crippen LogP contribution is 2.33. The summed E-state index contributed by atoms with van der Waals surface area (Å²) < 4.78 is 5.60. The second kappa shape index (κ2) is 8.84. The number of hydrogen-bond donors (Lipinski definition) is 1. The summed E-state index contributed by atoms with van der Waals surface area (Å²) in [4.78, 5) is 16.9. The molecule has 0 aliphatic carbocycles. The van der Waals surface area contributed by atoms with Gasteiger partial charge >= 0.3 is 0 Å². The monoisotopic (exact) mass is 384 g/mol. The Morgan fingerprint density at radius 3 is 2.31 bits per heavy atom. The molecule has 0 saturated carbocycles. The lowest BCUT2D eigenvalue weighted by Gasteiger charge is -2.17. The van der Waals surface area contributed by atoms with Crippen LogP contribution in [0.25, 0.3) is 11.1 Å². The van der Waals surface area contributed by atoms with Crippen LogP contribution in [0.4, 0.5) is 5.69 Å². The van der Waals surface area contributed by atoms with Gasteiger partial charge in [-0.25, -0.2) is 0 Å². The van der Waals surface area contributed by atoms with Crippen LogP contribution in [0.5, 0.6) is 0 Å². The van der Waals surface area contributed by atoms with Crippen molar-refractivity contribution in [1.29, 1.82) is 0 Å². The minimum Gasteiger partial charge on any atom is -0.381 e. The highest BCUT2D eigenvalue weighted by Gasteiger charge is 2.21. The summed E-state index contributed by atoms with van der Waals surface area (Å²) in [7, 11) is 0. The van der Waals surface area contributed by atoms with Crippen molar-refractivity contribution < 1.29 is 9.53 Å². The zero-order valence-corrected chi connectivity index (χ0v) is 16.5. The SMILES string of the molecule is CCOCCc1cc2c(cc1-c1ccccc1)C(c1ccccc1)=NCC(=O)N2. The van der Waals surface area contributed by atoms with Crippen LogP contribution in [0.2, 0.25) is 0 Å². The van der Waals surface area contributed by atoms with Crippen LogP contribution in [-0.2, 0) is 16.0 Å². The fourth-order valence-electron chi connectivity index (χ4n) is 3.63. The molecule has 3 aromatic carbocycles. The predicted molar refractivity (Wildman–Crippen MR) is 118 cm³/mol. The number of anilines is 1. The third-order valence-electron chi connectivity index (χ3n) is 5.01. The van der Waals surface area contributed by atoms with Crippen LogP contribution in [0, 0.1) is 0 Å². The normalized spacial score (nSPS) is 13.3. The lowest BCUT2D eigenvalue weighted by atomic mass is 9.91. The van der Waals surface area contributed by atoms with Gasteiger partial charge in [0.05, 0.1) is 18.0 Å². The van der Waals surface area contributed by atoms with E-state index in [0.29, 0.717) is 13.2 Å². The van der Waals surface area contributed by atoms with Crippen molar-refractivity contribution in [1.82, 2.24) is 0 Å². The molecule has 1 aliphatic heterocycles. The molecule has 0 unspecified atom stereocenters. The van der Waals surface area contributed by atoms with E-state index in [1.165, 1.54) is 0 Å². The molecule has 1 aliphatic rings. The molecular weight excluding hydrogens is 360 g/mol. The quantitative estimate of drug-likeness (QED) is 0.625. The van der Waals surface area contributed by atoms with E-state index in [-0.39, 0.29) is 12.5 Å². The number of fused-ring (bicyclic) bond motifs is 1. The van der Waals surface area contributed by atoms with E-state index < -0.39 is 0 Å². The predicted octanol–water partition coefficient (Wildman–Crippen LogP) is 4.72. The number of rotatable bonds is 6. The molecule has 1 heterocycles. The topological polar surface area (TPSA) is 50.7 Å². The average molecular weight is 384 g/mol. The van der Waals surface area contributed by atoms with Crippen molar-refractivity contribution in [2.24, 2.45) is 4.99 Å². The highest BCUT2D eigenvalue weighted by molar-refractivity contribution is 6.19. The number of amides is 1. The molecule has 0 radical (unpaired) electrons. The molecule has 0 bridgehead atoms. The van der Waals surface area contributed by atoms with Crippen LogP contribution in [0.1, 0.15) is 23.6 Å². The Morgan fingerprint density at radius 2 is 1.62 bits per heavy atom. The first kappa shape index (κ1) is 19.1. The number of ether oxygens (including phenoxy) is 1. The Labute approximate surface area is 171 Å². The molecule has 4 rings (SSSR count). The van der Waals surface area contributed by atoms with Gasteiger partial charge in [-0.15, -0.1) is 0 Å². The average Bonchev–Trinajstić information content (AvgIpc) is 2.92. The van der Waals surface area contributed by atoms with Gasteiger partial charge in [-0.2, -0.15) is 0 Å². The smallest absolute Gasteiger partial charge is 0.246 e. The lowest BCUT2D eigenvalue weighted by molar-refractivity contribution is -0.114. The Morgan fingerprint density at radius 1 is 0.931 bits per heavy atom. The standard InChI is InChI=1S/C25H24N2O2/c1-2-29-14-13-20-15-23-22(16-21(20)18-9-5-3-6-10-18)25(26-17-24(28)27-23)19-11-7-4-8-12-19/h3-12,15-16H,2,13-14,17H2,1H3,(H,27,28). The van der Waals surface area contributed by atoms with Gasteiger partial charge in [0.15, 0.2) is 0 Å². The maximum absolute atomic E-state index is 12.3. The summed E-state index contributed by atoms with van der Waals surface area (Å²) >= 11 is 0. The molecule has 0 saturated heterocycles. The molecule has 0 aromatic heterocycles. The van der Waals surface area contributed by atoms with Crippen molar-refractivity contribution in [3.05, 3.63) is 89.5 Å². The van der Waals surface area contributed by atoms with Gasteiger partial charge in [0.1, 0.15) is 6.54 Å². The largest absolute Gasteiger partial charge is 0.381 e. The summed E-state index contributed by atoms with van der Waals surface area (Å²) in [5, 5.41) is 3.04. The lowest BCUT2D eigenvalue weighted by Crippen LogP contribution is -2.14. The van der Waals surface area contributed by atoms with Crippen molar-refractivity contribution in [2.45, 2.75) is 13.3 Å². The fourth-order valence-corrected chi connectivity index (χ4v) is 3.63. The van der Waals surface area contributed by atoms with Crippen LogP contribution < -0.4 is 5.32 Å². The van der Waals surface area contributed by atoms with E-state index in [9.17, 15) is 4.79 Å². The molecule has 146 valence electrons. The van der Waals surface area contributed by atoms with Crippen LogP contribution in [-0.4, -0.2) is 31.4 Å². The van der Waals surface area contributed by atoms with Crippen molar-refractivity contribution in [3.8, 4) is 11.1 Å². The van der Waals surface area contributed by atoms with Crippen LogP contribution in [0.3, 0.4) is 0 Å². The first-order valence-electron chi connectivity index (χ1n) is 9.96. The molecule has 0 spiro atoms. The molecule has 0 atom stereocenters. The van der Waals surface area contributed by atoms with E-state index in [1.807, 2.05) is 55.5 Å². The van der Waals surface area contributed by atoms with Gasteiger partial charge in [-0.05, 0) is 42.2 Å². The minimum absolute atomic E-state index is 0.0969. The molecule has 1 N–H and O–H groups in total. The minimum atomic E-state index is -0.0969. The number of carbonyl (C=O) groups excluding carboxylic acids is 1. The molecular formula is C25H24N2O2. The Kier molecular flexibility index (Phi) is 5.82. The molecule has 29 heavy (non-hydrogen) atoms. The number of nitrogens with zero attached hydrogens (tertiary/aromatic N) is 1. The molecule has 0 fully saturated rings. The molecule has 4 heteroatoms. The molecule has 1 amide bonds. The van der Waals surface area contributed by atoms with Crippen LogP contribution >= 0.6 is 0 Å². The first-order chi connectivity index (χ1) is 14.3. The van der Waals surface area contributed by atoms with Crippen molar-refractivity contribution in [2.75, 3.05) is 25.1 Å². The Balaban J connectivity index is 1.87. The van der Waals surface area contributed by atoms with E-state index in [4.69, 9.17) is 4.74 Å². The Hall–Kier alpha value is -3.24. The van der Waals surface area contributed by atoms with Gasteiger partial charge < -0.3 is 10.1 Å². The van der Waals surface area contributed by atoms with Crippen LogP contribution in [0.15, 0.2) is 77.8 Å². The number of aliphatic imine (C=N–C) groups is 1. The summed E-state index contributed by atoms with van der Waals surface area (Å²) in [5.74, 6) is -0.0969. The number of benzene rings is 3. The van der Waals surface area contributed by atoms with E-state index in [0.717, 1.165) is 45.6 Å². The summed E-state index contributed by atoms with van der Waals surface area (Å²) in [6.07, 6.45) is 0.777. The zero-order valence-electron chi connectivity index (χ0n) is 16.5. The third-order valence-corrected chi connectivity index (χ3v) is 5.01. The summed E-state index contributed by atoms with van der Waals surface area (Å²) in [6, 6.07) is 24.6. The fraction of sp³-hybridized carbons (Fsp3) is 0.200. The number of benzodiazepines with no additional fused rings is 1. The maximum Gasteiger partial charge on any atom is 0.246 e. The highest BCUT2D eigenvalue weighted by atomic mass is 16.5. The second-order valence-corrected chi connectivity index (χ2v) is 6.95. The van der Waals surface area contributed by atoms with Gasteiger partial charge in [0.2, 0.25) is 5.91 Å². The first-order valence-corrected chi connectivity index (χ1v) is 9.96. The number of carbonyl (C=O) groups is 1. The van der Waals surface area contributed by atoms with Gasteiger partial charge in [-0.1, -0.05) is 60.7 Å². The number of hydrogen-bond acceptors (Lipinski definition) is 3. The second-order valence-electron chi connectivity index (χ2n) is 6.95. The summed E-state index contributed by atoms with van der Waals surface area (Å²) in [6.45, 7) is 3.45. The van der Waals surface area contributed by atoms with E-state index in [2.05, 4.69) is 34.6 Å². The van der Waals surface area contributed by atoms with Crippen molar-refractivity contribution in [3.63, 3.8) is 0 Å².